The summed E-state index contributed by atoms with van der Waals surface area (Å²) in [7, 11) is 0. The minimum absolute atomic E-state index is 0.241. The van der Waals surface area contributed by atoms with E-state index in [9.17, 15) is 4.79 Å². The van der Waals surface area contributed by atoms with Gasteiger partial charge in [0.05, 0.1) is 6.20 Å². The van der Waals surface area contributed by atoms with Gasteiger partial charge in [0.25, 0.3) is 5.91 Å². The van der Waals surface area contributed by atoms with Crippen molar-refractivity contribution in [3.8, 4) is 0 Å². The van der Waals surface area contributed by atoms with E-state index in [2.05, 4.69) is 35.9 Å². The highest BCUT2D eigenvalue weighted by Gasteiger charge is 2.08. The van der Waals surface area contributed by atoms with E-state index < -0.39 is 0 Å². The summed E-state index contributed by atoms with van der Waals surface area (Å²) >= 11 is 1.45. The Morgan fingerprint density at radius 2 is 2.05 bits per heavy atom. The first-order valence-corrected chi connectivity index (χ1v) is 6.43. The summed E-state index contributed by atoms with van der Waals surface area (Å²) in [6, 6.07) is 7.37. The number of benzene rings is 1. The molecule has 2 heterocycles. The molecule has 0 atom stereocenters. The number of hydrogen-bond acceptors (Lipinski definition) is 6. The van der Waals surface area contributed by atoms with Crippen LogP contribution in [0.3, 0.4) is 0 Å². The molecule has 0 aliphatic heterocycles. The van der Waals surface area contributed by atoms with E-state index >= 15 is 0 Å². The second kappa shape index (κ2) is 5.53. The monoisotopic (exact) mass is 287 g/mol. The molecule has 0 fully saturated rings. The highest BCUT2D eigenvalue weighted by atomic mass is 32.2. The number of hydrogen-bond donors (Lipinski definition) is 3. The zero-order chi connectivity index (χ0) is 13.8. The largest absolute Gasteiger partial charge is 0.321 e. The lowest BCUT2D eigenvalue weighted by Crippen LogP contribution is -2.12. The molecule has 1 aromatic carbocycles. The van der Waals surface area contributed by atoms with Gasteiger partial charge < -0.3 is 5.32 Å². The van der Waals surface area contributed by atoms with Gasteiger partial charge in [0.1, 0.15) is 6.33 Å². The van der Waals surface area contributed by atoms with Crippen molar-refractivity contribution in [2.24, 2.45) is 0 Å². The van der Waals surface area contributed by atoms with Crippen LogP contribution in [0.2, 0.25) is 0 Å². The number of aromatic nitrogens is 6. The van der Waals surface area contributed by atoms with Crippen molar-refractivity contribution >= 4 is 23.4 Å². The minimum atomic E-state index is -0.311. The third-order valence-electron chi connectivity index (χ3n) is 2.37. The first kappa shape index (κ1) is 12.4. The first-order valence-electron chi connectivity index (χ1n) is 5.62. The van der Waals surface area contributed by atoms with Crippen molar-refractivity contribution in [3.05, 3.63) is 42.5 Å². The molecule has 1 amide bonds. The Kier molecular flexibility index (Phi) is 3.42. The zero-order valence-corrected chi connectivity index (χ0v) is 10.9. The molecular formula is C11H9N7OS. The quantitative estimate of drug-likeness (QED) is 0.667. The van der Waals surface area contributed by atoms with Gasteiger partial charge in [0.2, 0.25) is 0 Å². The lowest BCUT2D eigenvalue weighted by Gasteiger charge is -2.03. The maximum Gasteiger partial charge on any atom is 0.277 e. The number of H-pyrrole nitrogens is 2. The van der Waals surface area contributed by atoms with Crippen molar-refractivity contribution < 1.29 is 4.79 Å². The molecule has 0 aliphatic rings. The molecule has 0 spiro atoms. The van der Waals surface area contributed by atoms with Crippen molar-refractivity contribution in [1.82, 2.24) is 30.6 Å². The van der Waals surface area contributed by atoms with Crippen molar-refractivity contribution in [1.29, 1.82) is 0 Å². The van der Waals surface area contributed by atoms with Crippen LogP contribution < -0.4 is 5.32 Å². The van der Waals surface area contributed by atoms with E-state index in [1.165, 1.54) is 24.3 Å². The second-order valence-electron chi connectivity index (χ2n) is 3.73. The standard InChI is InChI=1S/C11H9N7OS/c19-10(9-5-13-18-16-9)15-7-1-3-8(4-2-7)20-11-12-6-14-17-11/h1-6H,(H,15,19)(H,12,14,17)(H,13,16,18). The smallest absolute Gasteiger partial charge is 0.277 e. The van der Waals surface area contributed by atoms with Crippen LogP contribution >= 0.6 is 11.8 Å². The summed E-state index contributed by atoms with van der Waals surface area (Å²) in [6.07, 6.45) is 2.82. The topological polar surface area (TPSA) is 112 Å². The van der Waals surface area contributed by atoms with E-state index in [0.717, 1.165) is 4.90 Å². The number of nitrogens with one attached hydrogen (secondary N) is 3. The van der Waals surface area contributed by atoms with Crippen LogP contribution in [0.15, 0.2) is 46.8 Å². The van der Waals surface area contributed by atoms with Crippen LogP contribution in [0.1, 0.15) is 10.5 Å². The normalized spacial score (nSPS) is 10.4. The van der Waals surface area contributed by atoms with Crippen molar-refractivity contribution in [3.63, 3.8) is 0 Å². The minimum Gasteiger partial charge on any atom is -0.321 e. The van der Waals surface area contributed by atoms with Gasteiger partial charge >= 0.3 is 0 Å². The van der Waals surface area contributed by atoms with Gasteiger partial charge in [-0.25, -0.2) is 4.98 Å². The third kappa shape index (κ3) is 2.83. The number of nitrogens with zero attached hydrogens (tertiary/aromatic N) is 4. The second-order valence-corrected chi connectivity index (χ2v) is 4.79. The molecule has 100 valence electrons. The van der Waals surface area contributed by atoms with E-state index in [0.29, 0.717) is 10.8 Å². The van der Waals surface area contributed by atoms with Gasteiger partial charge in [-0.05, 0) is 24.3 Å². The molecule has 20 heavy (non-hydrogen) atoms. The highest BCUT2D eigenvalue weighted by Crippen LogP contribution is 2.25. The van der Waals surface area contributed by atoms with E-state index in [1.54, 1.807) is 12.1 Å². The molecule has 0 bridgehead atoms. The van der Waals surface area contributed by atoms with Crippen LogP contribution in [0.25, 0.3) is 0 Å². The molecule has 0 saturated heterocycles. The van der Waals surface area contributed by atoms with E-state index in [1.807, 2.05) is 12.1 Å². The van der Waals surface area contributed by atoms with Crippen LogP contribution in [-0.2, 0) is 0 Å². The summed E-state index contributed by atoms with van der Waals surface area (Å²) in [4.78, 5) is 16.8. The Balaban J connectivity index is 1.65. The summed E-state index contributed by atoms with van der Waals surface area (Å²) in [5.41, 5.74) is 0.921. The maximum absolute atomic E-state index is 11.8. The SMILES string of the molecule is O=C(Nc1ccc(Sc2ncn[nH]2)cc1)c1cn[nH]n1. The predicted octanol–water partition coefficient (Wildman–Crippen LogP) is 1.33. The molecule has 9 heteroatoms. The number of aromatic amines is 2. The summed E-state index contributed by atoms with van der Waals surface area (Å²) in [5.74, 6) is -0.311. The average molecular weight is 287 g/mol. The molecule has 0 saturated carbocycles. The molecule has 0 aliphatic carbocycles. The molecule has 3 rings (SSSR count). The Hall–Kier alpha value is -2.68. The van der Waals surface area contributed by atoms with Crippen molar-refractivity contribution in [2.45, 2.75) is 10.1 Å². The zero-order valence-electron chi connectivity index (χ0n) is 10.1. The Morgan fingerprint density at radius 1 is 1.20 bits per heavy atom. The van der Waals surface area contributed by atoms with Crippen LogP contribution in [-0.4, -0.2) is 36.5 Å². The fourth-order valence-corrected chi connectivity index (χ4v) is 2.16. The predicted molar refractivity (Wildman–Crippen MR) is 71.3 cm³/mol. The number of anilines is 1. The maximum atomic E-state index is 11.8. The lowest BCUT2D eigenvalue weighted by molar-refractivity contribution is 0.102. The number of amides is 1. The molecular weight excluding hydrogens is 278 g/mol. The van der Waals surface area contributed by atoms with Gasteiger partial charge in [-0.1, -0.05) is 11.8 Å². The Labute approximate surface area is 117 Å². The van der Waals surface area contributed by atoms with E-state index in [-0.39, 0.29) is 11.6 Å². The van der Waals surface area contributed by atoms with Gasteiger partial charge in [-0.3, -0.25) is 9.89 Å². The molecule has 2 aromatic heterocycles. The third-order valence-corrected chi connectivity index (χ3v) is 3.27. The lowest BCUT2D eigenvalue weighted by atomic mass is 10.3. The van der Waals surface area contributed by atoms with Gasteiger partial charge in [0.15, 0.2) is 10.9 Å². The van der Waals surface area contributed by atoms with Crippen LogP contribution in [0, 0.1) is 0 Å². The van der Waals surface area contributed by atoms with Gasteiger partial charge in [-0.2, -0.15) is 20.5 Å². The number of rotatable bonds is 4. The number of carbonyl (C=O) groups excluding carboxylic acids is 1. The first-order chi connectivity index (χ1) is 9.81. The summed E-state index contributed by atoms with van der Waals surface area (Å²) in [6.45, 7) is 0. The molecule has 3 aromatic rings. The molecule has 0 radical (unpaired) electrons. The summed E-state index contributed by atoms with van der Waals surface area (Å²) < 4.78 is 0. The molecule has 8 nitrogen and oxygen atoms in total. The fourth-order valence-electron chi connectivity index (χ4n) is 1.47. The summed E-state index contributed by atoms with van der Waals surface area (Å²) in [5, 5.41) is 19.7. The average Bonchev–Trinajstić information content (AvgIpc) is 3.13. The highest BCUT2D eigenvalue weighted by molar-refractivity contribution is 7.99. The van der Waals surface area contributed by atoms with Gasteiger partial charge in [0, 0.05) is 10.6 Å². The fraction of sp³-hybridized carbons (Fsp3) is 0. The van der Waals surface area contributed by atoms with E-state index in [4.69, 9.17) is 0 Å². The van der Waals surface area contributed by atoms with Crippen LogP contribution in [0.5, 0.6) is 0 Å². The van der Waals surface area contributed by atoms with Crippen LogP contribution in [0.4, 0.5) is 5.69 Å². The molecule has 3 N–H and O–H groups in total. The van der Waals surface area contributed by atoms with Gasteiger partial charge in [-0.15, -0.1) is 0 Å². The van der Waals surface area contributed by atoms with Crippen molar-refractivity contribution in [2.75, 3.05) is 5.32 Å². The number of carbonyl (C=O) groups is 1. The Morgan fingerprint density at radius 3 is 2.70 bits per heavy atom. The molecule has 0 unspecified atom stereocenters. The Bertz CT molecular complexity index is 678.